The summed E-state index contributed by atoms with van der Waals surface area (Å²) in [6.45, 7) is 5.11. The number of benzene rings is 3. The lowest BCUT2D eigenvalue weighted by Crippen LogP contribution is -2.53. The molecule has 206 valence electrons. The maximum Gasteiger partial charge on any atom is 0.421 e. The van der Waals surface area contributed by atoms with E-state index in [1.807, 2.05) is 66.7 Å². The second kappa shape index (κ2) is 10.6. The predicted octanol–water partition coefficient (Wildman–Crippen LogP) is 6.75. The number of fused-ring (bicyclic) bond motifs is 2. The van der Waals surface area contributed by atoms with E-state index in [1.54, 1.807) is 45.0 Å². The lowest BCUT2D eigenvalue weighted by atomic mass is 9.71. The van der Waals surface area contributed by atoms with E-state index in [0.29, 0.717) is 5.56 Å². The summed E-state index contributed by atoms with van der Waals surface area (Å²) in [5.41, 5.74) is -0.829. The van der Waals surface area contributed by atoms with Gasteiger partial charge in [0.15, 0.2) is 5.54 Å². The van der Waals surface area contributed by atoms with Gasteiger partial charge in [-0.1, -0.05) is 76.6 Å². The van der Waals surface area contributed by atoms with E-state index in [1.165, 1.54) is 6.08 Å². The van der Waals surface area contributed by atoms with Crippen molar-refractivity contribution in [1.29, 1.82) is 10.5 Å². The van der Waals surface area contributed by atoms with Crippen LogP contribution in [-0.2, 0) is 15.1 Å². The van der Waals surface area contributed by atoms with Crippen LogP contribution in [0.25, 0.3) is 0 Å². The van der Waals surface area contributed by atoms with E-state index >= 15 is 0 Å². The summed E-state index contributed by atoms with van der Waals surface area (Å²) in [4.78, 5) is 29.2. The largest absolute Gasteiger partial charge is 0.443 e. The van der Waals surface area contributed by atoms with Gasteiger partial charge in [-0.3, -0.25) is 4.79 Å². The molecule has 3 aromatic rings. The normalized spacial score (nSPS) is 23.5. The van der Waals surface area contributed by atoms with Crippen molar-refractivity contribution in [2.24, 2.45) is 5.92 Å². The van der Waals surface area contributed by atoms with Gasteiger partial charge < -0.3 is 9.94 Å². The van der Waals surface area contributed by atoms with Crippen molar-refractivity contribution >= 4 is 33.6 Å². The minimum atomic E-state index is -1.86. The van der Waals surface area contributed by atoms with Crippen LogP contribution in [0.2, 0.25) is 0 Å². The first-order valence-electron chi connectivity index (χ1n) is 13.0. The van der Waals surface area contributed by atoms with Crippen molar-refractivity contribution in [3.05, 3.63) is 112 Å². The first-order chi connectivity index (χ1) is 19.5. The first kappa shape index (κ1) is 28.3. The molecular formula is C32H27BrN4O4. The molecule has 1 fully saturated rings. The molecule has 0 saturated carbocycles. The number of anilines is 1. The lowest BCUT2D eigenvalue weighted by Gasteiger charge is -2.35. The second-order valence-electron chi connectivity index (χ2n) is 11.0. The third-order valence-electron chi connectivity index (χ3n) is 7.48. The minimum Gasteiger partial charge on any atom is -0.443 e. The van der Waals surface area contributed by atoms with Crippen LogP contribution in [0, 0.1) is 28.6 Å². The van der Waals surface area contributed by atoms with E-state index in [2.05, 4.69) is 15.9 Å². The molecule has 1 saturated heterocycles. The number of ether oxygens (including phenoxy) is 1. The zero-order chi connectivity index (χ0) is 29.5. The number of imide groups is 1. The minimum absolute atomic E-state index is 0.209. The van der Waals surface area contributed by atoms with E-state index in [4.69, 9.17) is 4.74 Å². The molecule has 0 unspecified atom stereocenters. The van der Waals surface area contributed by atoms with Crippen LogP contribution < -0.4 is 4.90 Å². The molecule has 0 aliphatic carbocycles. The summed E-state index contributed by atoms with van der Waals surface area (Å²) in [6.07, 6.45) is 0.568. The molecule has 9 heteroatoms. The average Bonchev–Trinajstić information content (AvgIpc) is 3.36. The van der Waals surface area contributed by atoms with Crippen LogP contribution in [0.1, 0.15) is 49.4 Å². The molecule has 4 atom stereocenters. The molecule has 5 rings (SSSR count). The van der Waals surface area contributed by atoms with Gasteiger partial charge in [0.05, 0.1) is 11.7 Å². The van der Waals surface area contributed by atoms with Crippen LogP contribution in [-0.4, -0.2) is 27.9 Å². The SMILES string of the molecule is CC(C)(C)OC(=O)N1C(=O)[C@@]2(c3ccccc31)[C@H](C=C(C#N)C#N)[C@@H](c1ccc(Br)cc1)[C@H](c1ccccc1)N2O. The van der Waals surface area contributed by atoms with Crippen LogP contribution in [0.15, 0.2) is 95.0 Å². The lowest BCUT2D eigenvalue weighted by molar-refractivity contribution is -0.189. The number of hydrogen-bond donors (Lipinski definition) is 1. The topological polar surface area (TPSA) is 118 Å². The molecule has 1 N–H and O–H groups in total. The number of carbonyl (C=O) groups is 2. The molecule has 0 radical (unpaired) electrons. The molecule has 8 nitrogen and oxygen atoms in total. The molecule has 41 heavy (non-hydrogen) atoms. The summed E-state index contributed by atoms with van der Waals surface area (Å²) in [7, 11) is 0. The number of nitrogens with zero attached hydrogens (tertiary/aromatic N) is 4. The highest BCUT2D eigenvalue weighted by Crippen LogP contribution is 2.63. The number of para-hydroxylation sites is 1. The molecule has 3 aromatic carbocycles. The Balaban J connectivity index is 1.84. The van der Waals surface area contributed by atoms with E-state index < -0.39 is 41.0 Å². The Hall–Kier alpha value is -4.28. The van der Waals surface area contributed by atoms with Crippen LogP contribution in [0.3, 0.4) is 0 Å². The van der Waals surface area contributed by atoms with Gasteiger partial charge in [-0.25, -0.2) is 9.69 Å². The fraction of sp³-hybridized carbons (Fsp3) is 0.250. The third-order valence-corrected chi connectivity index (χ3v) is 8.01. The Bertz CT molecular complexity index is 1600. The Morgan fingerprint density at radius 2 is 1.59 bits per heavy atom. The smallest absolute Gasteiger partial charge is 0.421 e. The summed E-state index contributed by atoms with van der Waals surface area (Å²) in [5.74, 6) is -2.27. The molecule has 2 amide bonds. The van der Waals surface area contributed by atoms with E-state index in [0.717, 1.165) is 25.6 Å². The van der Waals surface area contributed by atoms with Gasteiger partial charge in [-0.15, -0.1) is 0 Å². The van der Waals surface area contributed by atoms with Crippen molar-refractivity contribution < 1.29 is 19.5 Å². The second-order valence-corrected chi connectivity index (χ2v) is 11.9. The average molecular weight is 611 g/mol. The monoisotopic (exact) mass is 610 g/mol. The van der Waals surface area contributed by atoms with Crippen molar-refractivity contribution in [2.75, 3.05) is 4.90 Å². The zero-order valence-corrected chi connectivity index (χ0v) is 24.2. The van der Waals surface area contributed by atoms with Gasteiger partial charge in [-0.05, 0) is 56.2 Å². The maximum absolute atomic E-state index is 14.7. The Morgan fingerprint density at radius 1 is 0.976 bits per heavy atom. The molecular weight excluding hydrogens is 584 g/mol. The predicted molar refractivity (Wildman–Crippen MR) is 154 cm³/mol. The van der Waals surface area contributed by atoms with Crippen molar-refractivity contribution in [1.82, 2.24) is 5.06 Å². The number of hydroxylamine groups is 2. The molecule has 1 spiro atoms. The number of hydrogen-bond acceptors (Lipinski definition) is 7. The number of halogens is 1. The number of nitriles is 2. The van der Waals surface area contributed by atoms with Gasteiger partial charge in [0.2, 0.25) is 0 Å². The number of allylic oxidation sites excluding steroid dienone is 1. The van der Waals surface area contributed by atoms with Gasteiger partial charge in [0, 0.05) is 21.9 Å². The molecule has 2 aliphatic rings. The first-order valence-corrected chi connectivity index (χ1v) is 13.8. The fourth-order valence-electron chi connectivity index (χ4n) is 5.98. The summed E-state index contributed by atoms with van der Waals surface area (Å²) >= 11 is 3.47. The number of carbonyl (C=O) groups excluding carboxylic acids is 2. The van der Waals surface area contributed by atoms with Gasteiger partial charge in [0.25, 0.3) is 5.91 Å². The van der Waals surface area contributed by atoms with Crippen LogP contribution in [0.4, 0.5) is 10.5 Å². The highest BCUT2D eigenvalue weighted by atomic mass is 79.9. The quantitative estimate of drug-likeness (QED) is 0.326. The number of rotatable bonds is 3. The third kappa shape index (κ3) is 4.62. The fourth-order valence-corrected chi connectivity index (χ4v) is 6.24. The molecule has 2 aliphatic heterocycles. The van der Waals surface area contributed by atoms with Crippen molar-refractivity contribution in [3.8, 4) is 12.1 Å². The summed E-state index contributed by atoms with van der Waals surface area (Å²) in [5, 5.41) is 32.9. The highest BCUT2D eigenvalue weighted by molar-refractivity contribution is 9.10. The summed E-state index contributed by atoms with van der Waals surface area (Å²) < 4.78 is 6.46. The maximum atomic E-state index is 14.7. The number of amides is 2. The molecule has 0 bridgehead atoms. The van der Waals surface area contributed by atoms with Gasteiger partial charge in [0.1, 0.15) is 23.3 Å². The Labute approximate surface area is 246 Å². The van der Waals surface area contributed by atoms with Gasteiger partial charge in [-0.2, -0.15) is 15.6 Å². The van der Waals surface area contributed by atoms with Gasteiger partial charge >= 0.3 is 6.09 Å². The summed E-state index contributed by atoms with van der Waals surface area (Å²) in [6, 6.07) is 26.5. The van der Waals surface area contributed by atoms with Crippen molar-refractivity contribution in [3.63, 3.8) is 0 Å². The molecule has 0 aromatic heterocycles. The molecule has 2 heterocycles. The van der Waals surface area contributed by atoms with E-state index in [-0.39, 0.29) is 11.3 Å². The Kier molecular flexibility index (Phi) is 7.31. The van der Waals surface area contributed by atoms with Crippen molar-refractivity contribution in [2.45, 2.75) is 43.9 Å². The van der Waals surface area contributed by atoms with Crippen LogP contribution in [0.5, 0.6) is 0 Å². The standard InChI is InChI=1S/C32H27BrN4O4/c1-31(2,3)41-30(39)36-26-12-8-7-11-24(26)32(29(36)38)25(17-20(18-34)19-35)27(21-13-15-23(33)16-14-21)28(37(32)40)22-9-5-4-6-10-22/h4-17,25,27-28,40H,1-3H3/t25-,27-,28+,32-/m1/s1. The van der Waals surface area contributed by atoms with E-state index in [9.17, 15) is 25.3 Å². The highest BCUT2D eigenvalue weighted by Gasteiger charge is 2.69. The Morgan fingerprint density at radius 3 is 2.20 bits per heavy atom. The van der Waals surface area contributed by atoms with Crippen LogP contribution >= 0.6 is 15.9 Å². The zero-order valence-electron chi connectivity index (χ0n) is 22.7.